The van der Waals surface area contributed by atoms with E-state index in [0.717, 1.165) is 12.3 Å². The summed E-state index contributed by atoms with van der Waals surface area (Å²) in [5.74, 6) is 0.979. The van der Waals surface area contributed by atoms with Crippen molar-refractivity contribution in [2.24, 2.45) is 0 Å². The predicted molar refractivity (Wildman–Crippen MR) is 86.6 cm³/mol. The summed E-state index contributed by atoms with van der Waals surface area (Å²) in [5.41, 5.74) is 2.63. The number of rotatable bonds is 8. The van der Waals surface area contributed by atoms with Crippen molar-refractivity contribution in [3.05, 3.63) is 30.0 Å². The van der Waals surface area contributed by atoms with Crippen molar-refractivity contribution >= 4 is 10.9 Å². The van der Waals surface area contributed by atoms with Crippen molar-refractivity contribution < 1.29 is 4.74 Å². The van der Waals surface area contributed by atoms with Crippen LogP contribution in [0.1, 0.15) is 51.1 Å². The molecule has 0 atom stereocenters. The Morgan fingerprint density at radius 1 is 1.05 bits per heavy atom. The van der Waals surface area contributed by atoms with E-state index in [-0.39, 0.29) is 0 Å². The van der Waals surface area contributed by atoms with E-state index in [4.69, 9.17) is 4.74 Å². The van der Waals surface area contributed by atoms with E-state index in [1.165, 1.54) is 55.1 Å². The number of hydrogen-bond donors (Lipinski definition) is 0. The van der Waals surface area contributed by atoms with E-state index in [2.05, 4.69) is 36.6 Å². The van der Waals surface area contributed by atoms with Gasteiger partial charge in [0.1, 0.15) is 5.75 Å². The van der Waals surface area contributed by atoms with Gasteiger partial charge in [0.25, 0.3) is 0 Å². The van der Waals surface area contributed by atoms with Crippen LogP contribution in [-0.4, -0.2) is 11.7 Å². The molecule has 0 saturated carbocycles. The second-order valence-corrected chi connectivity index (χ2v) is 5.60. The maximum atomic E-state index is 5.45. The highest BCUT2D eigenvalue weighted by atomic mass is 16.5. The normalized spacial score (nSPS) is 11.2. The van der Waals surface area contributed by atoms with Crippen molar-refractivity contribution in [1.82, 2.24) is 4.57 Å². The molecule has 2 heteroatoms. The molecule has 0 radical (unpaired) electrons. The van der Waals surface area contributed by atoms with Gasteiger partial charge < -0.3 is 9.30 Å². The molecule has 0 bridgehead atoms. The quantitative estimate of drug-likeness (QED) is 0.594. The average molecular weight is 273 g/mol. The average Bonchev–Trinajstić information content (AvgIpc) is 2.78. The summed E-state index contributed by atoms with van der Waals surface area (Å²) >= 11 is 0. The minimum Gasteiger partial charge on any atom is -0.496 e. The molecular weight excluding hydrogens is 246 g/mol. The van der Waals surface area contributed by atoms with E-state index in [0.29, 0.717) is 0 Å². The van der Waals surface area contributed by atoms with Crippen LogP contribution in [0.2, 0.25) is 0 Å². The number of unbranched alkanes of at least 4 members (excludes halogenated alkanes) is 5. The van der Waals surface area contributed by atoms with Gasteiger partial charge in [-0.25, -0.2) is 0 Å². The van der Waals surface area contributed by atoms with Gasteiger partial charge in [0.2, 0.25) is 0 Å². The second-order valence-electron chi connectivity index (χ2n) is 5.60. The molecule has 1 heterocycles. The Morgan fingerprint density at radius 3 is 2.55 bits per heavy atom. The van der Waals surface area contributed by atoms with Crippen molar-refractivity contribution in [3.63, 3.8) is 0 Å². The molecule has 0 aliphatic heterocycles. The zero-order valence-electron chi connectivity index (χ0n) is 13.1. The highest BCUT2D eigenvalue weighted by Gasteiger charge is 2.08. The Balaban J connectivity index is 2.01. The highest BCUT2D eigenvalue weighted by Crippen LogP contribution is 2.28. The second kappa shape index (κ2) is 7.37. The fraction of sp³-hybridized carbons (Fsp3) is 0.556. The van der Waals surface area contributed by atoms with Gasteiger partial charge in [-0.1, -0.05) is 45.1 Å². The number of ether oxygens (including phenoxy) is 1. The molecule has 1 aromatic heterocycles. The molecule has 20 heavy (non-hydrogen) atoms. The lowest BCUT2D eigenvalue weighted by Gasteiger charge is -2.09. The molecular formula is C18H27NO. The van der Waals surface area contributed by atoms with Crippen molar-refractivity contribution in [2.45, 2.75) is 58.9 Å². The zero-order chi connectivity index (χ0) is 14.4. The van der Waals surface area contributed by atoms with Gasteiger partial charge in [0.15, 0.2) is 0 Å². The lowest BCUT2D eigenvalue weighted by atomic mass is 10.1. The monoisotopic (exact) mass is 273 g/mol. The van der Waals surface area contributed by atoms with Crippen LogP contribution >= 0.6 is 0 Å². The van der Waals surface area contributed by atoms with Crippen LogP contribution in [0.15, 0.2) is 24.3 Å². The number of hydrogen-bond acceptors (Lipinski definition) is 1. The lowest BCUT2D eigenvalue weighted by Crippen LogP contribution is -2.00. The fourth-order valence-electron chi connectivity index (χ4n) is 2.91. The summed E-state index contributed by atoms with van der Waals surface area (Å²) in [7, 11) is 1.75. The molecule has 0 N–H and O–H groups in total. The van der Waals surface area contributed by atoms with Gasteiger partial charge in [-0.05, 0) is 31.5 Å². The van der Waals surface area contributed by atoms with Crippen LogP contribution in [0.5, 0.6) is 5.75 Å². The molecule has 2 rings (SSSR count). The molecule has 2 aromatic rings. The first-order valence-corrected chi connectivity index (χ1v) is 7.90. The van der Waals surface area contributed by atoms with Crippen molar-refractivity contribution in [1.29, 1.82) is 0 Å². The number of benzene rings is 1. The maximum Gasteiger partial charge on any atom is 0.128 e. The third-order valence-corrected chi connectivity index (χ3v) is 4.07. The summed E-state index contributed by atoms with van der Waals surface area (Å²) in [6.07, 6.45) is 8.06. The van der Waals surface area contributed by atoms with Crippen LogP contribution in [0.3, 0.4) is 0 Å². The topological polar surface area (TPSA) is 14.2 Å². The van der Waals surface area contributed by atoms with Gasteiger partial charge >= 0.3 is 0 Å². The Morgan fingerprint density at radius 2 is 1.80 bits per heavy atom. The standard InChI is InChI=1S/C18H27NO/c1-4-5-6-7-8-9-13-19-15(2)14-16-17(19)11-10-12-18(16)20-3/h10-12,14H,4-9,13H2,1-3H3. The Labute approximate surface area is 122 Å². The third kappa shape index (κ3) is 3.36. The maximum absolute atomic E-state index is 5.45. The molecule has 110 valence electrons. The number of nitrogens with zero attached hydrogens (tertiary/aromatic N) is 1. The molecule has 0 fully saturated rings. The summed E-state index contributed by atoms with van der Waals surface area (Å²) in [6.45, 7) is 5.58. The first-order chi connectivity index (χ1) is 9.77. The molecule has 0 saturated heterocycles. The number of aromatic nitrogens is 1. The van der Waals surface area contributed by atoms with Crippen LogP contribution in [0, 0.1) is 6.92 Å². The Bertz CT molecular complexity index is 542. The van der Waals surface area contributed by atoms with Crippen LogP contribution < -0.4 is 4.74 Å². The third-order valence-electron chi connectivity index (χ3n) is 4.07. The molecule has 0 spiro atoms. The van der Waals surface area contributed by atoms with Gasteiger partial charge in [-0.3, -0.25) is 0 Å². The number of fused-ring (bicyclic) bond motifs is 1. The van der Waals surface area contributed by atoms with Crippen LogP contribution in [0.25, 0.3) is 10.9 Å². The van der Waals surface area contributed by atoms with Crippen molar-refractivity contribution in [3.8, 4) is 5.75 Å². The Hall–Kier alpha value is -1.44. The first kappa shape index (κ1) is 15.0. The van der Waals surface area contributed by atoms with Gasteiger partial charge in [-0.2, -0.15) is 0 Å². The summed E-state index contributed by atoms with van der Waals surface area (Å²) < 4.78 is 7.88. The first-order valence-electron chi connectivity index (χ1n) is 7.90. The lowest BCUT2D eigenvalue weighted by molar-refractivity contribution is 0.420. The summed E-state index contributed by atoms with van der Waals surface area (Å²) in [5, 5.41) is 1.23. The molecule has 0 unspecified atom stereocenters. The molecule has 1 aromatic carbocycles. The van der Waals surface area contributed by atoms with Gasteiger partial charge in [-0.15, -0.1) is 0 Å². The van der Waals surface area contributed by atoms with Crippen molar-refractivity contribution in [2.75, 3.05) is 7.11 Å². The van der Waals surface area contributed by atoms with Gasteiger partial charge in [0, 0.05) is 17.6 Å². The predicted octanol–water partition coefficient (Wildman–Crippen LogP) is 5.32. The number of aryl methyl sites for hydroxylation is 2. The van der Waals surface area contributed by atoms with Gasteiger partial charge in [0.05, 0.1) is 12.6 Å². The highest BCUT2D eigenvalue weighted by molar-refractivity contribution is 5.87. The molecule has 0 aliphatic rings. The molecule has 2 nitrogen and oxygen atoms in total. The smallest absolute Gasteiger partial charge is 0.128 e. The van der Waals surface area contributed by atoms with E-state index in [1.807, 2.05) is 6.07 Å². The Kier molecular flexibility index (Phi) is 5.51. The summed E-state index contributed by atoms with van der Waals surface area (Å²) in [4.78, 5) is 0. The van der Waals surface area contributed by atoms with E-state index >= 15 is 0 Å². The zero-order valence-corrected chi connectivity index (χ0v) is 13.1. The summed E-state index contributed by atoms with van der Waals surface area (Å²) in [6, 6.07) is 8.56. The number of methoxy groups -OCH3 is 1. The SMILES string of the molecule is CCCCCCCCn1c(C)cc2c(OC)cccc21. The van der Waals surface area contributed by atoms with Crippen LogP contribution in [0.4, 0.5) is 0 Å². The van der Waals surface area contributed by atoms with E-state index in [9.17, 15) is 0 Å². The largest absolute Gasteiger partial charge is 0.496 e. The van der Waals surface area contributed by atoms with E-state index < -0.39 is 0 Å². The fourth-order valence-corrected chi connectivity index (χ4v) is 2.91. The molecule has 0 aliphatic carbocycles. The minimum atomic E-state index is 0.979. The molecule has 0 amide bonds. The minimum absolute atomic E-state index is 0.979. The van der Waals surface area contributed by atoms with Crippen LogP contribution in [-0.2, 0) is 6.54 Å². The van der Waals surface area contributed by atoms with E-state index in [1.54, 1.807) is 7.11 Å².